The molecule has 1 aromatic rings. The van der Waals surface area contributed by atoms with Crippen LogP contribution in [-0.2, 0) is 14.3 Å². The summed E-state index contributed by atoms with van der Waals surface area (Å²) in [6, 6.07) is 7.52. The van der Waals surface area contributed by atoms with Gasteiger partial charge in [-0.1, -0.05) is 49.9 Å². The lowest BCUT2D eigenvalue weighted by molar-refractivity contribution is -0.150. The van der Waals surface area contributed by atoms with E-state index in [0.717, 1.165) is 31.2 Å². The van der Waals surface area contributed by atoms with Gasteiger partial charge in [0.05, 0.1) is 5.92 Å². The topological polar surface area (TPSA) is 64.6 Å². The number of rotatable bonds is 7. The van der Waals surface area contributed by atoms with Gasteiger partial charge in [0.25, 0.3) is 0 Å². The minimum absolute atomic E-state index is 0.0165. The second-order valence-electron chi connectivity index (χ2n) is 6.47. The first-order valence-electron chi connectivity index (χ1n) is 8.89. The molecule has 6 heteroatoms. The number of carbonyl (C=O) groups is 2. The molecule has 0 bridgehead atoms. The molecule has 0 unspecified atom stereocenters. The number of benzene rings is 1. The molecule has 2 rings (SSSR count). The summed E-state index contributed by atoms with van der Waals surface area (Å²) in [6.45, 7) is 2.65. The molecule has 1 fully saturated rings. The Morgan fingerprint density at radius 3 is 2.44 bits per heavy atom. The zero-order chi connectivity index (χ0) is 18.1. The van der Waals surface area contributed by atoms with Crippen molar-refractivity contribution >= 4 is 23.7 Å². The van der Waals surface area contributed by atoms with Crippen LogP contribution in [0.1, 0.15) is 50.5 Å². The van der Waals surface area contributed by atoms with Crippen LogP contribution in [0.15, 0.2) is 24.3 Å². The molecular formula is C19H26ClNO4. The molecule has 25 heavy (non-hydrogen) atoms. The molecule has 0 aliphatic heterocycles. The van der Waals surface area contributed by atoms with Gasteiger partial charge in [-0.25, -0.2) is 4.79 Å². The van der Waals surface area contributed by atoms with E-state index in [1.54, 1.807) is 0 Å². The van der Waals surface area contributed by atoms with Crippen molar-refractivity contribution < 1.29 is 19.1 Å². The fourth-order valence-electron chi connectivity index (χ4n) is 2.93. The van der Waals surface area contributed by atoms with Crippen LogP contribution in [0.2, 0.25) is 5.02 Å². The number of halogens is 1. The van der Waals surface area contributed by atoms with Crippen LogP contribution in [0, 0.1) is 5.92 Å². The minimum Gasteiger partial charge on any atom is -0.462 e. The first kappa shape index (κ1) is 19.6. The Morgan fingerprint density at radius 1 is 1.12 bits per heavy atom. The molecule has 1 aliphatic carbocycles. The van der Waals surface area contributed by atoms with Crippen LogP contribution in [0.4, 0.5) is 4.79 Å². The Kier molecular flexibility index (Phi) is 8.06. The number of alkyl carbamates (subject to hydrolysis) is 1. The van der Waals surface area contributed by atoms with Gasteiger partial charge in [0.1, 0.15) is 13.2 Å². The number of hydrogen-bond acceptors (Lipinski definition) is 4. The zero-order valence-electron chi connectivity index (χ0n) is 14.6. The number of ether oxygens (including phenoxy) is 2. The van der Waals surface area contributed by atoms with Crippen molar-refractivity contribution in [1.29, 1.82) is 0 Å². The number of carbonyl (C=O) groups excluding carboxylic acids is 2. The number of hydrogen-bond donors (Lipinski definition) is 1. The van der Waals surface area contributed by atoms with Crippen molar-refractivity contribution in [1.82, 2.24) is 5.32 Å². The normalized spacial score (nSPS) is 16.1. The molecule has 1 amide bonds. The Bertz CT molecular complexity index is 555. The summed E-state index contributed by atoms with van der Waals surface area (Å²) >= 11 is 5.86. The molecule has 5 nitrogen and oxygen atoms in total. The van der Waals surface area contributed by atoms with E-state index in [1.807, 2.05) is 31.2 Å². The molecule has 138 valence electrons. The zero-order valence-corrected chi connectivity index (χ0v) is 15.4. The van der Waals surface area contributed by atoms with E-state index in [4.69, 9.17) is 21.1 Å². The van der Waals surface area contributed by atoms with Crippen molar-refractivity contribution in [2.75, 3.05) is 19.8 Å². The highest BCUT2D eigenvalue weighted by Gasteiger charge is 2.22. The van der Waals surface area contributed by atoms with Gasteiger partial charge >= 0.3 is 12.1 Å². The lowest BCUT2D eigenvalue weighted by Gasteiger charge is -2.19. The van der Waals surface area contributed by atoms with Gasteiger partial charge in [0.2, 0.25) is 0 Å². The Balaban J connectivity index is 1.57. The highest BCUT2D eigenvalue weighted by atomic mass is 35.5. The van der Waals surface area contributed by atoms with Gasteiger partial charge in [-0.15, -0.1) is 0 Å². The van der Waals surface area contributed by atoms with Gasteiger partial charge in [-0.05, 0) is 36.5 Å². The van der Waals surface area contributed by atoms with Crippen LogP contribution in [-0.4, -0.2) is 31.8 Å². The van der Waals surface area contributed by atoms with E-state index in [0.29, 0.717) is 11.6 Å². The van der Waals surface area contributed by atoms with Gasteiger partial charge in [-0.2, -0.15) is 0 Å². The molecule has 1 saturated carbocycles. The maximum atomic E-state index is 11.9. The molecule has 1 atom stereocenters. The smallest absolute Gasteiger partial charge is 0.407 e. The first-order chi connectivity index (χ1) is 12.1. The molecule has 0 aromatic heterocycles. The molecule has 1 aromatic carbocycles. The van der Waals surface area contributed by atoms with E-state index in [-0.39, 0.29) is 31.0 Å². The third-order valence-corrected chi connectivity index (χ3v) is 4.74. The van der Waals surface area contributed by atoms with Gasteiger partial charge in [0.15, 0.2) is 0 Å². The van der Waals surface area contributed by atoms with Gasteiger partial charge in [0, 0.05) is 11.6 Å². The SMILES string of the molecule is C[C@@H](CNC(=O)OCCOC(=O)C1CCCCC1)c1ccc(Cl)cc1. The fourth-order valence-corrected chi connectivity index (χ4v) is 3.06. The van der Waals surface area contributed by atoms with Gasteiger partial charge in [-0.3, -0.25) is 4.79 Å². The first-order valence-corrected chi connectivity index (χ1v) is 9.27. The lowest BCUT2D eigenvalue weighted by Crippen LogP contribution is -2.29. The quantitative estimate of drug-likeness (QED) is 0.576. The molecule has 0 heterocycles. The number of esters is 1. The summed E-state index contributed by atoms with van der Waals surface area (Å²) in [5, 5.41) is 3.40. The van der Waals surface area contributed by atoms with Crippen molar-refractivity contribution in [3.63, 3.8) is 0 Å². The van der Waals surface area contributed by atoms with E-state index in [1.165, 1.54) is 6.42 Å². The standard InChI is InChI=1S/C19H26ClNO4/c1-14(15-7-9-17(20)10-8-15)13-21-19(23)25-12-11-24-18(22)16-5-3-2-4-6-16/h7-10,14,16H,2-6,11-13H2,1H3,(H,21,23)/t14-/m0/s1. The van der Waals surface area contributed by atoms with Crippen molar-refractivity contribution in [3.05, 3.63) is 34.9 Å². The average molecular weight is 368 g/mol. The second kappa shape index (κ2) is 10.3. The summed E-state index contributed by atoms with van der Waals surface area (Å²) < 4.78 is 10.2. The highest BCUT2D eigenvalue weighted by Crippen LogP contribution is 2.24. The predicted molar refractivity (Wildman–Crippen MR) is 96.8 cm³/mol. The number of amides is 1. The van der Waals surface area contributed by atoms with E-state index >= 15 is 0 Å². The summed E-state index contributed by atoms with van der Waals surface area (Å²) in [5.41, 5.74) is 1.09. The second-order valence-corrected chi connectivity index (χ2v) is 6.91. The maximum absolute atomic E-state index is 11.9. The van der Waals surface area contributed by atoms with Crippen LogP contribution in [0.25, 0.3) is 0 Å². The Hall–Kier alpha value is -1.75. The average Bonchev–Trinajstić information content (AvgIpc) is 2.64. The van der Waals surface area contributed by atoms with Crippen molar-refractivity contribution in [2.24, 2.45) is 5.92 Å². The van der Waals surface area contributed by atoms with E-state index in [9.17, 15) is 9.59 Å². The van der Waals surface area contributed by atoms with Gasteiger partial charge < -0.3 is 14.8 Å². The lowest BCUT2D eigenvalue weighted by atomic mass is 9.89. The van der Waals surface area contributed by atoms with Crippen molar-refractivity contribution in [2.45, 2.75) is 44.9 Å². The summed E-state index contributed by atoms with van der Waals surface area (Å²) in [7, 11) is 0. The predicted octanol–water partition coefficient (Wildman–Crippen LogP) is 4.29. The highest BCUT2D eigenvalue weighted by molar-refractivity contribution is 6.30. The molecule has 1 aliphatic rings. The molecule has 0 saturated heterocycles. The van der Waals surface area contributed by atoms with Crippen molar-refractivity contribution in [3.8, 4) is 0 Å². The fraction of sp³-hybridized carbons (Fsp3) is 0.579. The molecular weight excluding hydrogens is 342 g/mol. The molecule has 0 spiro atoms. The molecule has 0 radical (unpaired) electrons. The largest absolute Gasteiger partial charge is 0.462 e. The maximum Gasteiger partial charge on any atom is 0.407 e. The third kappa shape index (κ3) is 6.94. The van der Waals surface area contributed by atoms with Crippen LogP contribution in [0.3, 0.4) is 0 Å². The number of nitrogens with one attached hydrogen (secondary N) is 1. The molecule has 1 N–H and O–H groups in total. The summed E-state index contributed by atoms with van der Waals surface area (Å²) in [6.07, 6.45) is 4.68. The summed E-state index contributed by atoms with van der Waals surface area (Å²) in [5.74, 6) is -0.00295. The van der Waals surface area contributed by atoms with Crippen LogP contribution < -0.4 is 5.32 Å². The minimum atomic E-state index is -0.505. The van der Waals surface area contributed by atoms with E-state index < -0.39 is 6.09 Å². The monoisotopic (exact) mass is 367 g/mol. The Labute approximate surface area is 154 Å². The third-order valence-electron chi connectivity index (χ3n) is 4.49. The van der Waals surface area contributed by atoms with Crippen LogP contribution in [0.5, 0.6) is 0 Å². The van der Waals surface area contributed by atoms with E-state index in [2.05, 4.69) is 5.32 Å². The summed E-state index contributed by atoms with van der Waals surface area (Å²) in [4.78, 5) is 23.5. The van der Waals surface area contributed by atoms with Crippen LogP contribution >= 0.6 is 11.6 Å². The Morgan fingerprint density at radius 2 is 1.76 bits per heavy atom.